The van der Waals surface area contributed by atoms with Gasteiger partial charge >= 0.3 is 0 Å². The monoisotopic (exact) mass is 364 g/mol. The number of amides is 1. The Hall–Kier alpha value is -2.74. The lowest BCUT2D eigenvalue weighted by atomic mass is 10.0. The van der Waals surface area contributed by atoms with Crippen molar-refractivity contribution in [1.29, 1.82) is 5.26 Å². The van der Waals surface area contributed by atoms with Crippen LogP contribution >= 0.6 is 11.3 Å². The fourth-order valence-electron chi connectivity index (χ4n) is 1.76. The third kappa shape index (κ3) is 4.63. The van der Waals surface area contributed by atoms with E-state index in [2.05, 4.69) is 15.3 Å². The molecular weight excluding hydrogens is 352 g/mol. The van der Waals surface area contributed by atoms with Gasteiger partial charge in [0, 0.05) is 11.1 Å². The molecule has 1 amide bonds. The van der Waals surface area contributed by atoms with Crippen LogP contribution in [0.1, 0.15) is 15.2 Å². The molecule has 2 aromatic rings. The van der Waals surface area contributed by atoms with E-state index in [-0.39, 0.29) is 5.56 Å². The number of carbonyl (C=O) groups is 1. The Kier molecular flexibility index (Phi) is 5.30. The number of hydrogen-bond donors (Lipinski definition) is 2. The Balaban J connectivity index is 2.22. The zero-order valence-corrected chi connectivity index (χ0v) is 14.0. The molecule has 0 aliphatic heterocycles. The second-order valence-corrected chi connectivity index (χ2v) is 7.04. The van der Waals surface area contributed by atoms with Crippen molar-refractivity contribution in [2.45, 2.75) is 0 Å². The minimum Gasteiger partial charge on any atom is -0.368 e. The molecule has 0 aliphatic rings. The minimum atomic E-state index is -3.78. The number of nitrogens with zero attached hydrogens (tertiary/aromatic N) is 2. The van der Waals surface area contributed by atoms with Crippen LogP contribution in [-0.4, -0.2) is 26.5 Å². The standard InChI is InChI=1S/C14H12N4O4S2/c1-24(20,21)22-18-14(16)17-13(19)10-4-2-3-9(7-10)11-5-6-23-12(11)8-15/h2-7H,1H3,(H3,16,17,18,19). The highest BCUT2D eigenvalue weighted by Crippen LogP contribution is 2.28. The molecular formula is C14H12N4O4S2. The van der Waals surface area contributed by atoms with Crippen LogP contribution in [0.4, 0.5) is 0 Å². The number of hydroxylamine groups is 1. The first-order chi connectivity index (χ1) is 11.3. The smallest absolute Gasteiger partial charge is 0.285 e. The van der Waals surface area contributed by atoms with Crippen molar-refractivity contribution in [3.05, 3.63) is 46.2 Å². The van der Waals surface area contributed by atoms with E-state index in [1.165, 1.54) is 17.4 Å². The number of nitrogens with one attached hydrogen (secondary N) is 1. The molecule has 0 aliphatic carbocycles. The largest absolute Gasteiger partial charge is 0.368 e. The second-order valence-electron chi connectivity index (χ2n) is 4.55. The van der Waals surface area contributed by atoms with Crippen molar-refractivity contribution < 1.29 is 17.5 Å². The molecule has 1 aromatic heterocycles. The fourth-order valence-corrected chi connectivity index (χ4v) is 2.70. The van der Waals surface area contributed by atoms with Gasteiger partial charge in [-0.25, -0.2) is 5.48 Å². The number of rotatable bonds is 4. The SMILES string of the molecule is CS(=O)(=O)ONC(N)=NC(=O)c1cccc(-c2ccsc2C#N)c1. The molecule has 0 atom stereocenters. The van der Waals surface area contributed by atoms with E-state index in [0.717, 1.165) is 6.26 Å². The van der Waals surface area contributed by atoms with E-state index < -0.39 is 22.0 Å². The molecule has 0 saturated carbocycles. The molecule has 0 fully saturated rings. The summed E-state index contributed by atoms with van der Waals surface area (Å²) in [6.45, 7) is 0. The predicted octanol–water partition coefficient (Wildman–Crippen LogP) is 1.22. The van der Waals surface area contributed by atoms with Crippen molar-refractivity contribution in [3.8, 4) is 17.2 Å². The van der Waals surface area contributed by atoms with Crippen LogP contribution in [0.2, 0.25) is 0 Å². The quantitative estimate of drug-likeness (QED) is 0.473. The molecule has 0 radical (unpaired) electrons. The number of nitriles is 1. The fraction of sp³-hybridized carbons (Fsp3) is 0.0714. The second kappa shape index (κ2) is 7.22. The first kappa shape index (κ1) is 17.6. The number of benzene rings is 1. The summed E-state index contributed by atoms with van der Waals surface area (Å²) < 4.78 is 25.9. The summed E-state index contributed by atoms with van der Waals surface area (Å²) in [5, 5.41) is 10.9. The van der Waals surface area contributed by atoms with Crippen LogP contribution in [0.5, 0.6) is 0 Å². The molecule has 8 nitrogen and oxygen atoms in total. The molecule has 1 aromatic carbocycles. The zero-order valence-electron chi connectivity index (χ0n) is 12.4. The Morgan fingerprint density at radius 3 is 2.83 bits per heavy atom. The first-order valence-electron chi connectivity index (χ1n) is 6.41. The lowest BCUT2D eigenvalue weighted by molar-refractivity contribution is 0.100. The number of guanidine groups is 1. The molecule has 24 heavy (non-hydrogen) atoms. The molecule has 3 N–H and O–H groups in total. The molecule has 1 heterocycles. The number of thiophene rings is 1. The minimum absolute atomic E-state index is 0.228. The normalized spacial score (nSPS) is 11.8. The van der Waals surface area contributed by atoms with Crippen LogP contribution in [0.25, 0.3) is 11.1 Å². The molecule has 10 heteroatoms. The Labute approximate surface area is 142 Å². The van der Waals surface area contributed by atoms with Gasteiger partial charge < -0.3 is 5.73 Å². The van der Waals surface area contributed by atoms with Crippen molar-refractivity contribution in [2.75, 3.05) is 6.26 Å². The van der Waals surface area contributed by atoms with Gasteiger partial charge in [-0.1, -0.05) is 12.1 Å². The maximum Gasteiger partial charge on any atom is 0.285 e. The van der Waals surface area contributed by atoms with Gasteiger partial charge in [0.25, 0.3) is 16.0 Å². The average molecular weight is 364 g/mol. The van der Waals surface area contributed by atoms with Gasteiger partial charge in [0.05, 0.1) is 6.26 Å². The van der Waals surface area contributed by atoms with E-state index >= 15 is 0 Å². The third-order valence-electron chi connectivity index (χ3n) is 2.71. The van der Waals surface area contributed by atoms with E-state index in [1.54, 1.807) is 29.6 Å². The maximum atomic E-state index is 12.1. The molecule has 0 saturated heterocycles. The van der Waals surface area contributed by atoms with Gasteiger partial charge in [0.2, 0.25) is 5.96 Å². The lowest BCUT2D eigenvalue weighted by Crippen LogP contribution is -2.34. The Morgan fingerprint density at radius 2 is 2.17 bits per heavy atom. The number of nitrogens with two attached hydrogens (primary N) is 1. The summed E-state index contributed by atoms with van der Waals surface area (Å²) in [7, 11) is -3.78. The van der Waals surface area contributed by atoms with Crippen LogP contribution < -0.4 is 11.2 Å². The zero-order chi connectivity index (χ0) is 17.7. The van der Waals surface area contributed by atoms with Crippen LogP contribution in [0.3, 0.4) is 0 Å². The van der Waals surface area contributed by atoms with Crippen LogP contribution in [-0.2, 0) is 14.4 Å². The van der Waals surface area contributed by atoms with Gasteiger partial charge in [0.15, 0.2) is 0 Å². The summed E-state index contributed by atoms with van der Waals surface area (Å²) >= 11 is 1.30. The lowest BCUT2D eigenvalue weighted by Gasteiger charge is -2.04. The van der Waals surface area contributed by atoms with E-state index in [9.17, 15) is 13.2 Å². The summed E-state index contributed by atoms with van der Waals surface area (Å²) in [6, 6.07) is 10.4. The van der Waals surface area contributed by atoms with E-state index in [1.807, 2.05) is 5.48 Å². The van der Waals surface area contributed by atoms with Crippen molar-refractivity contribution in [3.63, 3.8) is 0 Å². The van der Waals surface area contributed by atoms with Crippen molar-refractivity contribution in [2.24, 2.45) is 10.7 Å². The highest BCUT2D eigenvalue weighted by Gasteiger charge is 2.11. The van der Waals surface area contributed by atoms with Crippen molar-refractivity contribution in [1.82, 2.24) is 5.48 Å². The molecule has 2 rings (SSSR count). The third-order valence-corrected chi connectivity index (χ3v) is 3.91. The Morgan fingerprint density at radius 1 is 1.42 bits per heavy atom. The molecule has 0 bridgehead atoms. The predicted molar refractivity (Wildman–Crippen MR) is 89.5 cm³/mol. The number of carbonyl (C=O) groups excluding carboxylic acids is 1. The average Bonchev–Trinajstić information content (AvgIpc) is 3.01. The van der Waals surface area contributed by atoms with E-state index in [4.69, 9.17) is 11.0 Å². The summed E-state index contributed by atoms with van der Waals surface area (Å²) in [5.74, 6) is -1.18. The summed E-state index contributed by atoms with van der Waals surface area (Å²) in [4.78, 5) is 16.1. The molecule has 0 unspecified atom stereocenters. The van der Waals surface area contributed by atoms with Gasteiger partial charge in [-0.3, -0.25) is 4.79 Å². The van der Waals surface area contributed by atoms with Crippen LogP contribution in [0.15, 0.2) is 40.7 Å². The highest BCUT2D eigenvalue weighted by atomic mass is 32.2. The molecule has 0 spiro atoms. The van der Waals surface area contributed by atoms with Gasteiger partial charge in [-0.15, -0.1) is 15.6 Å². The summed E-state index contributed by atoms with van der Waals surface area (Å²) in [5.41, 5.74) is 8.88. The Bertz CT molecular complexity index is 942. The first-order valence-corrected chi connectivity index (χ1v) is 9.11. The van der Waals surface area contributed by atoms with E-state index in [0.29, 0.717) is 16.0 Å². The number of hydrogen-bond acceptors (Lipinski definition) is 6. The van der Waals surface area contributed by atoms with Gasteiger partial charge in [-0.2, -0.15) is 18.7 Å². The van der Waals surface area contributed by atoms with Crippen molar-refractivity contribution >= 4 is 33.3 Å². The van der Waals surface area contributed by atoms with Gasteiger partial charge in [-0.05, 0) is 29.1 Å². The summed E-state index contributed by atoms with van der Waals surface area (Å²) in [6.07, 6.45) is 0.812. The maximum absolute atomic E-state index is 12.1. The van der Waals surface area contributed by atoms with Crippen LogP contribution in [0, 0.1) is 11.3 Å². The molecule has 124 valence electrons. The van der Waals surface area contributed by atoms with Gasteiger partial charge in [0.1, 0.15) is 10.9 Å². The topological polar surface area (TPSA) is 135 Å². The number of aliphatic imine (C=N–C) groups is 1. The highest BCUT2D eigenvalue weighted by molar-refractivity contribution is 7.85.